The van der Waals surface area contributed by atoms with Crippen molar-refractivity contribution < 1.29 is 9.59 Å². The predicted octanol–water partition coefficient (Wildman–Crippen LogP) is 1.92. The van der Waals surface area contributed by atoms with Crippen LogP contribution in [0.2, 0.25) is 0 Å². The first kappa shape index (κ1) is 18.0. The highest BCUT2D eigenvalue weighted by Crippen LogP contribution is 2.28. The van der Waals surface area contributed by atoms with Crippen molar-refractivity contribution in [3.8, 4) is 6.07 Å². The minimum atomic E-state index is -0.758. The van der Waals surface area contributed by atoms with Crippen LogP contribution in [0.3, 0.4) is 0 Å². The molecule has 1 aromatic carbocycles. The zero-order chi connectivity index (χ0) is 18.0. The molecule has 0 unspecified atom stereocenters. The maximum atomic E-state index is 12.2. The lowest BCUT2D eigenvalue weighted by atomic mass is 9.79. The van der Waals surface area contributed by atoms with E-state index in [1.165, 1.54) is 0 Å². The van der Waals surface area contributed by atoms with Gasteiger partial charge in [-0.1, -0.05) is 12.1 Å². The number of carbonyl (C=O) groups excluding carboxylic acids is 2. The van der Waals surface area contributed by atoms with Crippen molar-refractivity contribution >= 4 is 17.5 Å². The molecule has 0 saturated carbocycles. The monoisotopic (exact) mass is 328 g/mol. The highest BCUT2D eigenvalue weighted by Gasteiger charge is 2.38. The Morgan fingerprint density at radius 2 is 1.71 bits per heavy atom. The third-order valence-electron chi connectivity index (χ3n) is 4.03. The Labute approximate surface area is 142 Å². The van der Waals surface area contributed by atoms with Gasteiger partial charge in [-0.15, -0.1) is 0 Å². The second-order valence-electron chi connectivity index (χ2n) is 7.58. The first-order valence-electron chi connectivity index (χ1n) is 8.02. The minimum absolute atomic E-state index is 0.0827. The Balaban J connectivity index is 2.02. The fourth-order valence-electron chi connectivity index (χ4n) is 3.54. The molecule has 6 heteroatoms. The fraction of sp³-hybridized carbons (Fsp3) is 0.500. The van der Waals surface area contributed by atoms with Crippen molar-refractivity contribution in [1.29, 1.82) is 5.26 Å². The number of nitrogens with zero attached hydrogens (tertiary/aromatic N) is 1. The van der Waals surface area contributed by atoms with E-state index in [0.29, 0.717) is 11.3 Å². The molecule has 1 aliphatic heterocycles. The van der Waals surface area contributed by atoms with Crippen LogP contribution in [0, 0.1) is 11.3 Å². The minimum Gasteiger partial charge on any atom is -0.345 e. The Morgan fingerprint density at radius 3 is 2.29 bits per heavy atom. The molecule has 0 bridgehead atoms. The summed E-state index contributed by atoms with van der Waals surface area (Å²) < 4.78 is 0. The molecule has 2 rings (SSSR count). The van der Waals surface area contributed by atoms with Crippen molar-refractivity contribution in [2.45, 2.75) is 57.7 Å². The van der Waals surface area contributed by atoms with Crippen LogP contribution in [-0.4, -0.2) is 28.9 Å². The average Bonchev–Trinajstić information content (AvgIpc) is 2.44. The van der Waals surface area contributed by atoms with Gasteiger partial charge in [-0.2, -0.15) is 5.26 Å². The van der Waals surface area contributed by atoms with E-state index in [2.05, 4.69) is 43.6 Å². The summed E-state index contributed by atoms with van der Waals surface area (Å²) in [5, 5.41) is 17.9. The number of hydrogen-bond donors (Lipinski definition) is 3. The van der Waals surface area contributed by atoms with E-state index in [9.17, 15) is 9.59 Å². The Morgan fingerprint density at radius 1 is 1.12 bits per heavy atom. The molecule has 2 amide bonds. The molecule has 1 saturated heterocycles. The van der Waals surface area contributed by atoms with Crippen LogP contribution in [0.4, 0.5) is 5.69 Å². The molecule has 0 radical (unpaired) electrons. The van der Waals surface area contributed by atoms with Crippen LogP contribution in [0.1, 0.15) is 46.1 Å². The van der Waals surface area contributed by atoms with Crippen molar-refractivity contribution in [2.24, 2.45) is 0 Å². The van der Waals surface area contributed by atoms with Gasteiger partial charge >= 0.3 is 11.8 Å². The number of benzene rings is 1. The third kappa shape index (κ3) is 4.56. The van der Waals surface area contributed by atoms with Gasteiger partial charge in [0.1, 0.15) is 6.07 Å². The van der Waals surface area contributed by atoms with Crippen LogP contribution in [0.25, 0.3) is 0 Å². The lowest BCUT2D eigenvalue weighted by Gasteiger charge is -2.46. The number of nitriles is 1. The first-order valence-corrected chi connectivity index (χ1v) is 8.02. The fourth-order valence-corrected chi connectivity index (χ4v) is 3.54. The van der Waals surface area contributed by atoms with E-state index >= 15 is 0 Å². The van der Waals surface area contributed by atoms with Crippen molar-refractivity contribution in [3.05, 3.63) is 29.8 Å². The smallest absolute Gasteiger partial charge is 0.313 e. The number of anilines is 1. The molecule has 24 heavy (non-hydrogen) atoms. The summed E-state index contributed by atoms with van der Waals surface area (Å²) in [7, 11) is 0. The van der Waals surface area contributed by atoms with Gasteiger partial charge < -0.3 is 16.0 Å². The topological polar surface area (TPSA) is 94.0 Å². The van der Waals surface area contributed by atoms with Crippen molar-refractivity contribution in [1.82, 2.24) is 10.6 Å². The van der Waals surface area contributed by atoms with E-state index in [-0.39, 0.29) is 17.1 Å². The van der Waals surface area contributed by atoms with E-state index in [1.54, 1.807) is 24.3 Å². The van der Waals surface area contributed by atoms with Gasteiger partial charge in [0.05, 0.1) is 11.3 Å². The number of amides is 2. The molecule has 0 spiro atoms. The number of rotatable bonds is 2. The summed E-state index contributed by atoms with van der Waals surface area (Å²) in [6, 6.07) is 8.49. The van der Waals surface area contributed by atoms with Gasteiger partial charge in [-0.3, -0.25) is 9.59 Å². The second kappa shape index (κ2) is 6.62. The van der Waals surface area contributed by atoms with E-state index in [0.717, 1.165) is 12.8 Å². The van der Waals surface area contributed by atoms with Gasteiger partial charge in [0.15, 0.2) is 0 Å². The number of carbonyl (C=O) groups is 2. The molecular formula is C18H24N4O2. The van der Waals surface area contributed by atoms with Gasteiger partial charge in [0.2, 0.25) is 0 Å². The zero-order valence-electron chi connectivity index (χ0n) is 14.6. The van der Waals surface area contributed by atoms with Crippen LogP contribution < -0.4 is 16.0 Å². The van der Waals surface area contributed by atoms with Crippen molar-refractivity contribution in [3.63, 3.8) is 0 Å². The summed E-state index contributed by atoms with van der Waals surface area (Å²) in [6.07, 6.45) is 1.48. The maximum Gasteiger partial charge on any atom is 0.313 e. The van der Waals surface area contributed by atoms with E-state index in [1.807, 2.05) is 6.07 Å². The molecular weight excluding hydrogens is 304 g/mol. The van der Waals surface area contributed by atoms with Gasteiger partial charge in [-0.25, -0.2) is 0 Å². The molecule has 1 heterocycles. The first-order chi connectivity index (χ1) is 11.1. The SMILES string of the molecule is CC1(C)CC(NC(=O)C(=O)Nc2ccccc2C#N)CC(C)(C)N1. The molecule has 0 atom stereocenters. The average molecular weight is 328 g/mol. The molecule has 6 nitrogen and oxygen atoms in total. The molecule has 1 fully saturated rings. The highest BCUT2D eigenvalue weighted by molar-refractivity contribution is 6.39. The lowest BCUT2D eigenvalue weighted by Crippen LogP contribution is -2.62. The summed E-state index contributed by atoms with van der Waals surface area (Å²) in [5.41, 5.74) is 0.418. The Hall–Kier alpha value is -2.39. The molecule has 1 aromatic rings. The van der Waals surface area contributed by atoms with E-state index in [4.69, 9.17) is 5.26 Å². The zero-order valence-corrected chi connectivity index (χ0v) is 14.6. The summed E-state index contributed by atoms with van der Waals surface area (Å²) in [6.45, 7) is 8.32. The quantitative estimate of drug-likeness (QED) is 0.723. The van der Waals surface area contributed by atoms with Gasteiger partial charge in [0.25, 0.3) is 0 Å². The predicted molar refractivity (Wildman–Crippen MR) is 92.2 cm³/mol. The molecule has 0 aliphatic carbocycles. The number of hydrogen-bond acceptors (Lipinski definition) is 4. The van der Waals surface area contributed by atoms with Gasteiger partial charge in [0, 0.05) is 17.1 Å². The maximum absolute atomic E-state index is 12.2. The number of nitrogens with one attached hydrogen (secondary N) is 3. The Bertz CT molecular complexity index is 673. The lowest BCUT2D eigenvalue weighted by molar-refractivity contribution is -0.137. The molecule has 0 aromatic heterocycles. The largest absolute Gasteiger partial charge is 0.345 e. The van der Waals surface area contributed by atoms with Gasteiger partial charge in [-0.05, 0) is 52.7 Å². The van der Waals surface area contributed by atoms with E-state index < -0.39 is 11.8 Å². The standard InChI is InChI=1S/C18H24N4O2/c1-17(2)9-13(10-18(3,4)22-17)20-15(23)16(24)21-14-8-6-5-7-12(14)11-19/h5-8,13,22H,9-10H2,1-4H3,(H,20,23)(H,21,24). The van der Waals surface area contributed by atoms with Crippen LogP contribution in [-0.2, 0) is 9.59 Å². The van der Waals surface area contributed by atoms with Crippen LogP contribution >= 0.6 is 0 Å². The number of para-hydroxylation sites is 1. The highest BCUT2D eigenvalue weighted by atomic mass is 16.2. The normalized spacial score (nSPS) is 19.1. The van der Waals surface area contributed by atoms with Crippen molar-refractivity contribution in [2.75, 3.05) is 5.32 Å². The summed E-state index contributed by atoms with van der Waals surface area (Å²) in [4.78, 5) is 24.3. The van der Waals surface area contributed by atoms with Crippen LogP contribution in [0.5, 0.6) is 0 Å². The van der Waals surface area contributed by atoms with Crippen LogP contribution in [0.15, 0.2) is 24.3 Å². The second-order valence-corrected chi connectivity index (χ2v) is 7.58. The molecule has 1 aliphatic rings. The number of piperidine rings is 1. The summed E-state index contributed by atoms with van der Waals surface area (Å²) in [5.74, 6) is -1.44. The third-order valence-corrected chi connectivity index (χ3v) is 4.03. The molecule has 128 valence electrons. The Kier molecular flexibility index (Phi) is 4.95. The molecule has 3 N–H and O–H groups in total. The summed E-state index contributed by atoms with van der Waals surface area (Å²) >= 11 is 0.